The van der Waals surface area contributed by atoms with Crippen molar-refractivity contribution in [2.45, 2.75) is 23.9 Å². The van der Waals surface area contributed by atoms with Crippen LogP contribution in [0.25, 0.3) is 0 Å². The molecule has 0 saturated carbocycles. The van der Waals surface area contributed by atoms with E-state index < -0.39 is 0 Å². The number of hydrogen-bond acceptors (Lipinski definition) is 5. The molecule has 122 valence electrons. The molecule has 1 atom stereocenters. The summed E-state index contributed by atoms with van der Waals surface area (Å²) in [7, 11) is 3.50. The van der Waals surface area contributed by atoms with Crippen LogP contribution in [-0.4, -0.2) is 57.0 Å². The molecular weight excluding hydrogens is 300 g/mol. The van der Waals surface area contributed by atoms with E-state index in [9.17, 15) is 4.79 Å². The number of morpholine rings is 1. The Hall–Kier alpha value is -1.24. The van der Waals surface area contributed by atoms with Crippen molar-refractivity contribution in [3.05, 3.63) is 23.8 Å². The maximum Gasteiger partial charge on any atom is 0.224 e. The van der Waals surface area contributed by atoms with Crippen LogP contribution < -0.4 is 10.1 Å². The maximum atomic E-state index is 12.3. The summed E-state index contributed by atoms with van der Waals surface area (Å²) in [4.78, 5) is 15.1. The second-order valence-corrected chi connectivity index (χ2v) is 6.22. The van der Waals surface area contributed by atoms with Gasteiger partial charge in [0.15, 0.2) is 0 Å². The molecule has 1 aromatic rings. The third kappa shape index (κ3) is 4.63. The molecule has 1 heterocycles. The second kappa shape index (κ2) is 8.41. The lowest BCUT2D eigenvalue weighted by atomic mass is 10.1. The standard InChI is InChI=1S/C16H24N2O3S/c1-18(16(19)9-13-11-21-7-6-17-13)10-12-4-5-15(22-3)14(8-12)20-2/h4-5,8,13,17H,6-7,9-11H2,1-3H3. The molecule has 1 fully saturated rings. The molecule has 1 amide bonds. The number of hydrogen-bond donors (Lipinski definition) is 1. The Morgan fingerprint density at radius 3 is 3.00 bits per heavy atom. The number of nitrogens with one attached hydrogen (secondary N) is 1. The van der Waals surface area contributed by atoms with E-state index in [1.807, 2.05) is 31.5 Å². The van der Waals surface area contributed by atoms with E-state index in [0.29, 0.717) is 19.6 Å². The van der Waals surface area contributed by atoms with Crippen molar-refractivity contribution in [1.82, 2.24) is 10.2 Å². The highest BCUT2D eigenvalue weighted by Gasteiger charge is 2.19. The fourth-order valence-electron chi connectivity index (χ4n) is 2.46. The summed E-state index contributed by atoms with van der Waals surface area (Å²) >= 11 is 1.65. The Labute approximate surface area is 136 Å². The molecule has 1 aromatic carbocycles. The molecule has 0 aliphatic carbocycles. The van der Waals surface area contributed by atoms with E-state index in [0.717, 1.165) is 29.4 Å². The largest absolute Gasteiger partial charge is 0.496 e. The number of thioether (sulfide) groups is 1. The molecule has 1 N–H and O–H groups in total. The quantitative estimate of drug-likeness (QED) is 0.808. The fourth-order valence-corrected chi connectivity index (χ4v) is 3.01. The Morgan fingerprint density at radius 2 is 2.36 bits per heavy atom. The van der Waals surface area contributed by atoms with Gasteiger partial charge in [-0.15, -0.1) is 11.8 Å². The van der Waals surface area contributed by atoms with Gasteiger partial charge < -0.3 is 19.7 Å². The van der Waals surface area contributed by atoms with Gasteiger partial charge in [-0.05, 0) is 24.0 Å². The van der Waals surface area contributed by atoms with Gasteiger partial charge in [-0.1, -0.05) is 6.07 Å². The summed E-state index contributed by atoms with van der Waals surface area (Å²) in [6.07, 6.45) is 2.49. The van der Waals surface area contributed by atoms with E-state index in [4.69, 9.17) is 9.47 Å². The maximum absolute atomic E-state index is 12.3. The van der Waals surface area contributed by atoms with Crippen molar-refractivity contribution < 1.29 is 14.3 Å². The number of nitrogens with zero attached hydrogens (tertiary/aromatic N) is 1. The van der Waals surface area contributed by atoms with E-state index in [-0.39, 0.29) is 11.9 Å². The highest BCUT2D eigenvalue weighted by molar-refractivity contribution is 7.98. The molecule has 22 heavy (non-hydrogen) atoms. The van der Waals surface area contributed by atoms with Crippen LogP contribution in [0.5, 0.6) is 5.75 Å². The highest BCUT2D eigenvalue weighted by Crippen LogP contribution is 2.28. The van der Waals surface area contributed by atoms with Gasteiger partial charge in [0.1, 0.15) is 5.75 Å². The van der Waals surface area contributed by atoms with E-state index in [1.54, 1.807) is 23.8 Å². The van der Waals surface area contributed by atoms with Gasteiger partial charge in [-0.25, -0.2) is 0 Å². The molecule has 0 aromatic heterocycles. The van der Waals surface area contributed by atoms with E-state index in [1.165, 1.54) is 0 Å². The summed E-state index contributed by atoms with van der Waals surface area (Å²) in [5.41, 5.74) is 1.07. The summed E-state index contributed by atoms with van der Waals surface area (Å²) < 4.78 is 10.8. The minimum atomic E-state index is 0.121. The number of rotatable bonds is 6. The van der Waals surface area contributed by atoms with Crippen molar-refractivity contribution in [2.75, 3.05) is 40.2 Å². The average molecular weight is 324 g/mol. The van der Waals surface area contributed by atoms with Gasteiger partial charge >= 0.3 is 0 Å². The third-order valence-electron chi connectivity index (χ3n) is 3.71. The van der Waals surface area contributed by atoms with Crippen LogP contribution in [0.3, 0.4) is 0 Å². The Morgan fingerprint density at radius 1 is 1.55 bits per heavy atom. The number of carbonyl (C=O) groups excluding carboxylic acids is 1. The number of methoxy groups -OCH3 is 1. The lowest BCUT2D eigenvalue weighted by molar-refractivity contribution is -0.131. The summed E-state index contributed by atoms with van der Waals surface area (Å²) in [6.45, 7) is 2.73. The molecule has 0 bridgehead atoms. The SMILES string of the molecule is COc1cc(CN(C)C(=O)CC2COCCN2)ccc1SC. The zero-order valence-corrected chi connectivity index (χ0v) is 14.2. The number of carbonyl (C=O) groups is 1. The fraction of sp³-hybridized carbons (Fsp3) is 0.562. The molecule has 1 aliphatic heterocycles. The van der Waals surface area contributed by atoms with Gasteiger partial charge in [-0.3, -0.25) is 4.79 Å². The van der Waals surface area contributed by atoms with Crippen LogP contribution in [0.15, 0.2) is 23.1 Å². The van der Waals surface area contributed by atoms with Crippen LogP contribution in [-0.2, 0) is 16.1 Å². The van der Waals surface area contributed by atoms with Crippen LogP contribution in [0.2, 0.25) is 0 Å². The lowest BCUT2D eigenvalue weighted by Gasteiger charge is -2.26. The monoisotopic (exact) mass is 324 g/mol. The van der Waals surface area contributed by atoms with Crippen molar-refractivity contribution >= 4 is 17.7 Å². The van der Waals surface area contributed by atoms with Crippen LogP contribution in [0.1, 0.15) is 12.0 Å². The molecule has 0 radical (unpaired) electrons. The number of ether oxygens (including phenoxy) is 2. The Kier molecular flexibility index (Phi) is 6.54. The third-order valence-corrected chi connectivity index (χ3v) is 4.49. The zero-order valence-electron chi connectivity index (χ0n) is 13.4. The van der Waals surface area contributed by atoms with Crippen molar-refractivity contribution in [2.24, 2.45) is 0 Å². The molecule has 2 rings (SSSR count). The summed E-state index contributed by atoms with van der Waals surface area (Å²) in [5.74, 6) is 0.976. The molecular formula is C16H24N2O3S. The van der Waals surface area contributed by atoms with Crippen LogP contribution in [0, 0.1) is 0 Å². The van der Waals surface area contributed by atoms with Gasteiger partial charge in [-0.2, -0.15) is 0 Å². The predicted molar refractivity (Wildman–Crippen MR) is 88.5 cm³/mol. The number of benzene rings is 1. The highest BCUT2D eigenvalue weighted by atomic mass is 32.2. The first-order chi connectivity index (χ1) is 10.6. The smallest absolute Gasteiger partial charge is 0.224 e. The summed E-state index contributed by atoms with van der Waals surface area (Å²) in [5, 5.41) is 3.31. The lowest BCUT2D eigenvalue weighted by Crippen LogP contribution is -2.44. The Bertz CT molecular complexity index is 504. The zero-order chi connectivity index (χ0) is 15.9. The van der Waals surface area contributed by atoms with Crippen LogP contribution >= 0.6 is 11.8 Å². The van der Waals surface area contributed by atoms with Gasteiger partial charge in [0.25, 0.3) is 0 Å². The van der Waals surface area contributed by atoms with Crippen molar-refractivity contribution in [1.29, 1.82) is 0 Å². The average Bonchev–Trinajstić information content (AvgIpc) is 2.55. The Balaban J connectivity index is 1.92. The molecule has 5 nitrogen and oxygen atoms in total. The molecule has 1 unspecified atom stereocenters. The first kappa shape index (κ1) is 17.1. The first-order valence-corrected chi connectivity index (χ1v) is 8.62. The van der Waals surface area contributed by atoms with Gasteiger partial charge in [0.2, 0.25) is 5.91 Å². The van der Waals surface area contributed by atoms with Crippen molar-refractivity contribution in [3.8, 4) is 5.75 Å². The predicted octanol–water partition coefficient (Wildman–Crippen LogP) is 1.75. The molecule has 6 heteroatoms. The molecule has 1 aliphatic rings. The second-order valence-electron chi connectivity index (χ2n) is 5.37. The summed E-state index contributed by atoms with van der Waals surface area (Å²) in [6, 6.07) is 6.20. The number of amides is 1. The van der Waals surface area contributed by atoms with Crippen LogP contribution in [0.4, 0.5) is 0 Å². The van der Waals surface area contributed by atoms with Gasteiger partial charge in [0, 0.05) is 37.5 Å². The first-order valence-electron chi connectivity index (χ1n) is 7.40. The minimum absolute atomic E-state index is 0.121. The molecule has 0 spiro atoms. The topological polar surface area (TPSA) is 50.8 Å². The van der Waals surface area contributed by atoms with E-state index in [2.05, 4.69) is 5.32 Å². The normalized spacial score (nSPS) is 18.0. The van der Waals surface area contributed by atoms with E-state index >= 15 is 0 Å². The molecule has 1 saturated heterocycles. The van der Waals surface area contributed by atoms with Crippen molar-refractivity contribution in [3.63, 3.8) is 0 Å². The van der Waals surface area contributed by atoms with Gasteiger partial charge in [0.05, 0.1) is 20.3 Å². The minimum Gasteiger partial charge on any atom is -0.496 e.